The van der Waals surface area contributed by atoms with Crippen molar-refractivity contribution in [1.82, 2.24) is 0 Å². The number of nitrogen functional groups attached to an aromatic ring is 1. The fraction of sp³-hybridized carbons (Fsp3) is 0.0400. The second-order valence-corrected chi connectivity index (χ2v) is 6.99. The van der Waals surface area contributed by atoms with Gasteiger partial charge in [-0.1, -0.05) is 60.7 Å². The summed E-state index contributed by atoms with van der Waals surface area (Å²) in [5.74, 6) is 0. The number of anilines is 3. The minimum Gasteiger partial charge on any atom is -0.399 e. The Balaban J connectivity index is 1.43. The summed E-state index contributed by atoms with van der Waals surface area (Å²) >= 11 is 0. The molecule has 2 nitrogen and oxygen atoms in total. The van der Waals surface area contributed by atoms with Gasteiger partial charge in [-0.25, -0.2) is 0 Å². The molecule has 0 unspecified atom stereocenters. The first-order valence-corrected chi connectivity index (χ1v) is 9.21. The molecule has 0 saturated heterocycles. The van der Waals surface area contributed by atoms with E-state index in [9.17, 15) is 0 Å². The maximum absolute atomic E-state index is 5.78. The van der Waals surface area contributed by atoms with Gasteiger partial charge in [0.15, 0.2) is 0 Å². The summed E-state index contributed by atoms with van der Waals surface area (Å²) in [6, 6.07) is 31.7. The molecule has 1 aliphatic carbocycles. The molecule has 0 radical (unpaired) electrons. The van der Waals surface area contributed by atoms with E-state index in [1.807, 2.05) is 12.1 Å². The van der Waals surface area contributed by atoms with Crippen molar-refractivity contribution in [2.75, 3.05) is 11.1 Å². The Morgan fingerprint density at radius 3 is 2.07 bits per heavy atom. The molecule has 5 rings (SSSR count). The topological polar surface area (TPSA) is 38.0 Å². The molecule has 0 aromatic heterocycles. The number of nitrogens with two attached hydrogens (primary N) is 1. The van der Waals surface area contributed by atoms with E-state index in [0.717, 1.165) is 17.8 Å². The van der Waals surface area contributed by atoms with E-state index in [1.165, 1.54) is 39.1 Å². The molecule has 0 heterocycles. The van der Waals surface area contributed by atoms with Gasteiger partial charge in [0.05, 0.1) is 0 Å². The monoisotopic (exact) mass is 348 g/mol. The van der Waals surface area contributed by atoms with Crippen LogP contribution in [0.25, 0.3) is 22.3 Å². The van der Waals surface area contributed by atoms with Crippen LogP contribution >= 0.6 is 0 Å². The van der Waals surface area contributed by atoms with Crippen LogP contribution in [0.1, 0.15) is 11.1 Å². The molecule has 1 aliphatic rings. The van der Waals surface area contributed by atoms with Crippen LogP contribution in [0.5, 0.6) is 0 Å². The molecule has 0 saturated carbocycles. The average Bonchev–Trinajstić information content (AvgIpc) is 3.09. The Bertz CT molecular complexity index is 1110. The third-order valence-corrected chi connectivity index (χ3v) is 5.26. The van der Waals surface area contributed by atoms with E-state index in [-0.39, 0.29) is 0 Å². The van der Waals surface area contributed by atoms with E-state index < -0.39 is 0 Å². The fourth-order valence-electron chi connectivity index (χ4n) is 3.85. The van der Waals surface area contributed by atoms with Crippen LogP contribution in [0.3, 0.4) is 0 Å². The number of hydrogen-bond acceptors (Lipinski definition) is 2. The van der Waals surface area contributed by atoms with Crippen molar-refractivity contribution in [2.24, 2.45) is 0 Å². The second-order valence-electron chi connectivity index (χ2n) is 6.99. The lowest BCUT2D eigenvalue weighted by Gasteiger charge is -2.12. The third kappa shape index (κ3) is 2.85. The highest BCUT2D eigenvalue weighted by Crippen LogP contribution is 2.40. The molecule has 0 fully saturated rings. The highest BCUT2D eigenvalue weighted by Gasteiger charge is 2.20. The number of nitrogens with one attached hydrogen (secondary N) is 1. The molecule has 3 N–H and O–H groups in total. The van der Waals surface area contributed by atoms with Gasteiger partial charge in [-0.05, 0) is 63.7 Å². The average molecular weight is 348 g/mol. The van der Waals surface area contributed by atoms with Crippen LogP contribution in [0, 0.1) is 0 Å². The minimum atomic E-state index is 0.788. The zero-order chi connectivity index (χ0) is 18.2. The van der Waals surface area contributed by atoms with Gasteiger partial charge in [-0.2, -0.15) is 0 Å². The van der Waals surface area contributed by atoms with Crippen LogP contribution in [0.4, 0.5) is 17.1 Å². The molecule has 4 aromatic carbocycles. The first-order chi connectivity index (χ1) is 13.3. The molecule has 0 aliphatic heterocycles. The summed E-state index contributed by atoms with van der Waals surface area (Å²) in [5.41, 5.74) is 16.7. The summed E-state index contributed by atoms with van der Waals surface area (Å²) in [5, 5.41) is 3.61. The van der Waals surface area contributed by atoms with Gasteiger partial charge in [0.25, 0.3) is 0 Å². The van der Waals surface area contributed by atoms with Crippen molar-refractivity contribution in [3.05, 3.63) is 102 Å². The van der Waals surface area contributed by atoms with Gasteiger partial charge >= 0.3 is 0 Å². The predicted octanol–water partition coefficient (Wildman–Crippen LogP) is 6.25. The predicted molar refractivity (Wildman–Crippen MR) is 114 cm³/mol. The minimum absolute atomic E-state index is 0.788. The van der Waals surface area contributed by atoms with Crippen LogP contribution in [0.2, 0.25) is 0 Å². The highest BCUT2D eigenvalue weighted by atomic mass is 14.9. The Kier molecular flexibility index (Phi) is 3.68. The molecule has 0 bridgehead atoms. The van der Waals surface area contributed by atoms with Crippen LogP contribution in [-0.2, 0) is 6.42 Å². The molecule has 2 heteroatoms. The summed E-state index contributed by atoms with van der Waals surface area (Å²) in [6.45, 7) is 0. The molecule has 4 aromatic rings. The van der Waals surface area contributed by atoms with Gasteiger partial charge in [-0.3, -0.25) is 0 Å². The number of rotatable bonds is 3. The maximum atomic E-state index is 5.78. The van der Waals surface area contributed by atoms with Crippen molar-refractivity contribution in [1.29, 1.82) is 0 Å². The van der Waals surface area contributed by atoms with E-state index in [4.69, 9.17) is 5.73 Å². The normalized spacial score (nSPS) is 11.7. The zero-order valence-corrected chi connectivity index (χ0v) is 14.9. The molecule has 0 spiro atoms. The Morgan fingerprint density at radius 2 is 1.30 bits per heavy atom. The number of benzene rings is 4. The maximum Gasteiger partial charge on any atom is 0.0426 e. The van der Waals surface area contributed by atoms with Gasteiger partial charge in [0.2, 0.25) is 0 Å². The fourth-order valence-corrected chi connectivity index (χ4v) is 3.85. The third-order valence-electron chi connectivity index (χ3n) is 5.26. The van der Waals surface area contributed by atoms with E-state index >= 15 is 0 Å². The molecular weight excluding hydrogens is 328 g/mol. The number of fused-ring (bicyclic) bond motifs is 3. The SMILES string of the molecule is Nc1ccc(-c2ccc(Nc3cccc4c3Cc3ccccc3-4)cc2)cc1. The molecule has 0 atom stereocenters. The summed E-state index contributed by atoms with van der Waals surface area (Å²) in [4.78, 5) is 0. The number of hydrogen-bond donors (Lipinski definition) is 2. The lowest BCUT2D eigenvalue weighted by molar-refractivity contribution is 1.26. The van der Waals surface area contributed by atoms with Crippen molar-refractivity contribution in [3.8, 4) is 22.3 Å². The van der Waals surface area contributed by atoms with E-state index in [2.05, 4.69) is 84.2 Å². The highest BCUT2D eigenvalue weighted by molar-refractivity contribution is 5.83. The first kappa shape index (κ1) is 15.7. The van der Waals surface area contributed by atoms with Crippen molar-refractivity contribution in [2.45, 2.75) is 6.42 Å². The van der Waals surface area contributed by atoms with Gasteiger partial charge in [-0.15, -0.1) is 0 Å². The Morgan fingerprint density at radius 1 is 0.630 bits per heavy atom. The first-order valence-electron chi connectivity index (χ1n) is 9.21. The van der Waals surface area contributed by atoms with Crippen LogP contribution < -0.4 is 11.1 Å². The molecular formula is C25H20N2. The summed E-state index contributed by atoms with van der Waals surface area (Å²) in [7, 11) is 0. The lowest BCUT2D eigenvalue weighted by Crippen LogP contribution is -1.95. The summed E-state index contributed by atoms with van der Waals surface area (Å²) < 4.78 is 0. The zero-order valence-electron chi connectivity index (χ0n) is 14.9. The molecule has 0 amide bonds. The van der Waals surface area contributed by atoms with Crippen molar-refractivity contribution < 1.29 is 0 Å². The van der Waals surface area contributed by atoms with Crippen LogP contribution in [-0.4, -0.2) is 0 Å². The van der Waals surface area contributed by atoms with E-state index in [0.29, 0.717) is 0 Å². The molecule has 130 valence electrons. The molecule has 27 heavy (non-hydrogen) atoms. The largest absolute Gasteiger partial charge is 0.399 e. The van der Waals surface area contributed by atoms with Gasteiger partial charge in [0, 0.05) is 23.5 Å². The summed E-state index contributed by atoms with van der Waals surface area (Å²) in [6.07, 6.45) is 0.984. The quantitative estimate of drug-likeness (QED) is 0.378. The second kappa shape index (κ2) is 6.33. The van der Waals surface area contributed by atoms with Crippen molar-refractivity contribution in [3.63, 3.8) is 0 Å². The van der Waals surface area contributed by atoms with Gasteiger partial charge < -0.3 is 11.1 Å². The van der Waals surface area contributed by atoms with Crippen LogP contribution in [0.15, 0.2) is 91.0 Å². The standard InChI is InChI=1S/C25H20N2/c26-20-12-8-17(9-13-20)18-10-14-21(15-11-18)27-25-7-3-6-23-22-5-2-1-4-19(22)16-24(23)25/h1-15,27H,16,26H2. The lowest BCUT2D eigenvalue weighted by atomic mass is 10.0. The van der Waals surface area contributed by atoms with E-state index in [1.54, 1.807) is 0 Å². The van der Waals surface area contributed by atoms with Gasteiger partial charge in [0.1, 0.15) is 0 Å². The smallest absolute Gasteiger partial charge is 0.0426 e. The Labute approximate surface area is 159 Å². The van der Waals surface area contributed by atoms with Crippen molar-refractivity contribution >= 4 is 17.1 Å². The Hall–Kier alpha value is -3.52.